The Bertz CT molecular complexity index is 483. The summed E-state index contributed by atoms with van der Waals surface area (Å²) in [5.74, 6) is 1.08. The highest BCUT2D eigenvalue weighted by Crippen LogP contribution is 2.13. The van der Waals surface area contributed by atoms with Crippen LogP contribution in [0.5, 0.6) is 0 Å². The number of guanidine groups is 1. The fourth-order valence-electron chi connectivity index (χ4n) is 2.90. The number of aliphatic imine (C=N–C) groups is 1. The van der Waals surface area contributed by atoms with E-state index in [9.17, 15) is 0 Å². The molecule has 1 unspecified atom stereocenters. The molecule has 134 valence electrons. The fraction of sp³-hybridized carbons (Fsp3) is 0.632. The number of likely N-dealkylation sites (tertiary alicyclic amines) is 1. The van der Waals surface area contributed by atoms with Crippen LogP contribution in [0.15, 0.2) is 35.3 Å². The number of nitrogens with one attached hydrogen (secondary N) is 2. The second kappa shape index (κ2) is 10.3. The Balaban J connectivity index is 1.77. The Labute approximate surface area is 146 Å². The zero-order valence-corrected chi connectivity index (χ0v) is 15.0. The zero-order chi connectivity index (χ0) is 17.2. The average molecular weight is 332 g/mol. The molecule has 1 heterocycles. The van der Waals surface area contributed by atoms with E-state index in [4.69, 9.17) is 5.11 Å². The molecule has 1 aliphatic rings. The third-order valence-corrected chi connectivity index (χ3v) is 4.39. The van der Waals surface area contributed by atoms with E-state index in [0.29, 0.717) is 12.6 Å². The minimum Gasteiger partial charge on any atom is -0.396 e. The number of rotatable bonds is 7. The van der Waals surface area contributed by atoms with E-state index in [0.717, 1.165) is 45.0 Å². The number of aliphatic hydroxyl groups excluding tert-OH is 1. The quantitative estimate of drug-likeness (QED) is 0.527. The first-order chi connectivity index (χ1) is 11.7. The van der Waals surface area contributed by atoms with Crippen molar-refractivity contribution in [1.29, 1.82) is 0 Å². The van der Waals surface area contributed by atoms with Crippen LogP contribution in [0.25, 0.3) is 0 Å². The maximum absolute atomic E-state index is 9.13. The number of benzene rings is 1. The van der Waals surface area contributed by atoms with Crippen LogP contribution < -0.4 is 10.6 Å². The van der Waals surface area contributed by atoms with E-state index < -0.39 is 0 Å². The van der Waals surface area contributed by atoms with Crippen molar-refractivity contribution < 1.29 is 5.11 Å². The summed E-state index contributed by atoms with van der Waals surface area (Å²) in [6.07, 6.45) is 2.26. The standard InChI is InChI=1S/C19H32N4O/c1-3-20-19(21-13-16(2)15-24)22-18-9-11-23(12-10-18)14-17-7-5-4-6-8-17/h4-8,16,18,24H,3,9-15H2,1-2H3,(H2,20,21,22). The Kier molecular flexibility index (Phi) is 8.05. The van der Waals surface area contributed by atoms with Gasteiger partial charge in [-0.15, -0.1) is 0 Å². The van der Waals surface area contributed by atoms with Gasteiger partial charge in [-0.1, -0.05) is 37.3 Å². The molecule has 1 aromatic rings. The lowest BCUT2D eigenvalue weighted by Gasteiger charge is -2.33. The molecular formula is C19H32N4O. The largest absolute Gasteiger partial charge is 0.396 e. The summed E-state index contributed by atoms with van der Waals surface area (Å²) < 4.78 is 0. The van der Waals surface area contributed by atoms with Gasteiger partial charge in [-0.2, -0.15) is 0 Å². The number of hydrogen-bond acceptors (Lipinski definition) is 3. The Morgan fingerprint density at radius 1 is 1.29 bits per heavy atom. The van der Waals surface area contributed by atoms with Crippen LogP contribution in [0.3, 0.4) is 0 Å². The summed E-state index contributed by atoms with van der Waals surface area (Å²) >= 11 is 0. The number of aliphatic hydroxyl groups is 1. The monoisotopic (exact) mass is 332 g/mol. The highest BCUT2D eigenvalue weighted by molar-refractivity contribution is 5.80. The van der Waals surface area contributed by atoms with Crippen LogP contribution in [0.2, 0.25) is 0 Å². The van der Waals surface area contributed by atoms with Gasteiger partial charge in [-0.25, -0.2) is 0 Å². The zero-order valence-electron chi connectivity index (χ0n) is 15.0. The van der Waals surface area contributed by atoms with Crippen LogP contribution >= 0.6 is 0 Å². The van der Waals surface area contributed by atoms with Gasteiger partial charge in [0.25, 0.3) is 0 Å². The molecule has 1 aliphatic heterocycles. The van der Waals surface area contributed by atoms with Crippen molar-refractivity contribution in [2.24, 2.45) is 10.9 Å². The van der Waals surface area contributed by atoms with E-state index in [1.807, 2.05) is 6.92 Å². The average Bonchev–Trinajstić information content (AvgIpc) is 2.62. The molecule has 1 aromatic carbocycles. The van der Waals surface area contributed by atoms with Crippen molar-refractivity contribution in [2.45, 2.75) is 39.3 Å². The van der Waals surface area contributed by atoms with Crippen molar-refractivity contribution in [3.05, 3.63) is 35.9 Å². The van der Waals surface area contributed by atoms with E-state index >= 15 is 0 Å². The molecule has 3 N–H and O–H groups in total. The van der Waals surface area contributed by atoms with Crippen LogP contribution in [0.1, 0.15) is 32.3 Å². The molecule has 0 amide bonds. The normalized spacial score (nSPS) is 18.4. The maximum Gasteiger partial charge on any atom is 0.191 e. The summed E-state index contributed by atoms with van der Waals surface area (Å²) in [4.78, 5) is 7.11. The lowest BCUT2D eigenvalue weighted by molar-refractivity contribution is 0.198. The number of hydrogen-bond donors (Lipinski definition) is 3. The van der Waals surface area contributed by atoms with Gasteiger partial charge in [0, 0.05) is 45.4 Å². The minimum absolute atomic E-state index is 0.181. The van der Waals surface area contributed by atoms with Crippen molar-refractivity contribution in [3.8, 4) is 0 Å². The number of nitrogens with zero attached hydrogens (tertiary/aromatic N) is 2. The summed E-state index contributed by atoms with van der Waals surface area (Å²) in [6, 6.07) is 11.1. The SMILES string of the molecule is CCNC(=NCC(C)CO)NC1CCN(Cc2ccccc2)CC1. The second-order valence-corrected chi connectivity index (χ2v) is 6.69. The van der Waals surface area contributed by atoms with Gasteiger partial charge in [-0.3, -0.25) is 9.89 Å². The molecule has 2 rings (SSSR count). The first-order valence-electron chi connectivity index (χ1n) is 9.13. The molecule has 1 saturated heterocycles. The molecule has 0 saturated carbocycles. The van der Waals surface area contributed by atoms with Gasteiger partial charge >= 0.3 is 0 Å². The van der Waals surface area contributed by atoms with Gasteiger partial charge < -0.3 is 15.7 Å². The predicted octanol–water partition coefficient (Wildman–Crippen LogP) is 1.83. The third-order valence-electron chi connectivity index (χ3n) is 4.39. The van der Waals surface area contributed by atoms with Crippen LogP contribution in [-0.2, 0) is 6.54 Å². The molecule has 0 aromatic heterocycles. The van der Waals surface area contributed by atoms with E-state index in [-0.39, 0.29) is 12.5 Å². The summed E-state index contributed by atoms with van der Waals surface area (Å²) in [7, 11) is 0. The first-order valence-corrected chi connectivity index (χ1v) is 9.13. The van der Waals surface area contributed by atoms with Gasteiger partial charge in [0.05, 0.1) is 0 Å². The molecule has 1 fully saturated rings. The van der Waals surface area contributed by atoms with Crippen LogP contribution in [0, 0.1) is 5.92 Å². The molecule has 5 nitrogen and oxygen atoms in total. The van der Waals surface area contributed by atoms with Crippen molar-refractivity contribution in [1.82, 2.24) is 15.5 Å². The summed E-state index contributed by atoms with van der Waals surface area (Å²) in [5, 5.41) is 16.0. The lowest BCUT2D eigenvalue weighted by atomic mass is 10.0. The molecule has 0 bridgehead atoms. The summed E-state index contributed by atoms with van der Waals surface area (Å²) in [6.45, 7) is 9.03. The highest BCUT2D eigenvalue weighted by atomic mass is 16.3. The Hall–Kier alpha value is -1.59. The number of piperidine rings is 1. The topological polar surface area (TPSA) is 59.9 Å². The minimum atomic E-state index is 0.181. The third kappa shape index (κ3) is 6.49. The smallest absolute Gasteiger partial charge is 0.191 e. The van der Waals surface area contributed by atoms with E-state index in [2.05, 4.69) is 57.8 Å². The fourth-order valence-corrected chi connectivity index (χ4v) is 2.90. The molecule has 5 heteroatoms. The van der Waals surface area contributed by atoms with Gasteiger partial charge in [0.1, 0.15) is 0 Å². The van der Waals surface area contributed by atoms with E-state index in [1.165, 1.54) is 5.56 Å². The molecule has 0 aliphatic carbocycles. The molecular weight excluding hydrogens is 300 g/mol. The van der Waals surface area contributed by atoms with Crippen LogP contribution in [0.4, 0.5) is 0 Å². The maximum atomic E-state index is 9.13. The van der Waals surface area contributed by atoms with Crippen molar-refractivity contribution in [2.75, 3.05) is 32.8 Å². The first kappa shape index (κ1) is 18.7. The molecule has 0 radical (unpaired) electrons. The van der Waals surface area contributed by atoms with Crippen molar-refractivity contribution >= 4 is 5.96 Å². The molecule has 24 heavy (non-hydrogen) atoms. The highest BCUT2D eigenvalue weighted by Gasteiger charge is 2.20. The molecule has 0 spiro atoms. The van der Waals surface area contributed by atoms with Gasteiger partial charge in [-0.05, 0) is 31.2 Å². The lowest BCUT2D eigenvalue weighted by Crippen LogP contribution is -2.48. The van der Waals surface area contributed by atoms with Gasteiger partial charge in [0.2, 0.25) is 0 Å². The van der Waals surface area contributed by atoms with Gasteiger partial charge in [0.15, 0.2) is 5.96 Å². The second-order valence-electron chi connectivity index (χ2n) is 6.69. The molecule has 1 atom stereocenters. The summed E-state index contributed by atoms with van der Waals surface area (Å²) in [5.41, 5.74) is 1.39. The van der Waals surface area contributed by atoms with Crippen LogP contribution in [-0.4, -0.2) is 54.8 Å². The van der Waals surface area contributed by atoms with E-state index in [1.54, 1.807) is 0 Å². The Morgan fingerprint density at radius 2 is 2.00 bits per heavy atom. The van der Waals surface area contributed by atoms with Crippen molar-refractivity contribution in [3.63, 3.8) is 0 Å². The Morgan fingerprint density at radius 3 is 2.62 bits per heavy atom. The predicted molar refractivity (Wildman–Crippen MR) is 100 cm³/mol.